The molecule has 0 saturated carbocycles. The average molecular weight is 397 g/mol. The van der Waals surface area contributed by atoms with Gasteiger partial charge in [-0.1, -0.05) is 39.8 Å². The van der Waals surface area contributed by atoms with Crippen molar-refractivity contribution in [3.8, 4) is 0 Å². The van der Waals surface area contributed by atoms with E-state index in [0.717, 1.165) is 46.2 Å². The Hall–Kier alpha value is -0.850. The smallest absolute Gasteiger partial charge is 0.228 e. The van der Waals surface area contributed by atoms with Gasteiger partial charge in [-0.3, -0.25) is 4.79 Å². The number of carbonyl (C=O) groups excluding carboxylic acids is 1. The molecule has 0 atom stereocenters. The van der Waals surface area contributed by atoms with Gasteiger partial charge in [-0.2, -0.15) is 0 Å². The fraction of sp³-hybridized carbons (Fsp3) is 0.375. The van der Waals surface area contributed by atoms with Gasteiger partial charge in [0, 0.05) is 28.7 Å². The van der Waals surface area contributed by atoms with Gasteiger partial charge >= 0.3 is 0 Å². The van der Waals surface area contributed by atoms with Crippen LogP contribution in [0.5, 0.6) is 0 Å². The highest BCUT2D eigenvalue weighted by atomic mass is 79.9. The number of carbonyl (C=O) groups is 1. The van der Waals surface area contributed by atoms with E-state index in [9.17, 15) is 4.79 Å². The van der Waals surface area contributed by atoms with Crippen molar-refractivity contribution in [2.24, 2.45) is 0 Å². The lowest BCUT2D eigenvalue weighted by Gasteiger charge is -2.13. The summed E-state index contributed by atoms with van der Waals surface area (Å²) in [5, 5.41) is 2.01. The molecule has 1 aliphatic rings. The van der Waals surface area contributed by atoms with Crippen LogP contribution in [0.1, 0.15) is 24.1 Å². The third-order valence-electron chi connectivity index (χ3n) is 3.60. The van der Waals surface area contributed by atoms with Gasteiger partial charge in [0.1, 0.15) is 4.34 Å². The minimum Gasteiger partial charge on any atom is -0.342 e. The summed E-state index contributed by atoms with van der Waals surface area (Å²) in [6, 6.07) is 8.33. The van der Waals surface area contributed by atoms with Crippen molar-refractivity contribution in [2.45, 2.75) is 29.4 Å². The molecule has 0 N–H and O–H groups in total. The molecule has 1 aliphatic heterocycles. The van der Waals surface area contributed by atoms with Crippen LogP contribution in [0.25, 0.3) is 0 Å². The van der Waals surface area contributed by atoms with Gasteiger partial charge in [-0.05, 0) is 30.5 Å². The number of rotatable bonds is 5. The second kappa shape index (κ2) is 7.62. The number of hydrogen-bond acceptors (Lipinski definition) is 4. The van der Waals surface area contributed by atoms with E-state index in [-0.39, 0.29) is 5.91 Å². The number of aromatic nitrogens is 1. The molecular formula is C16H17BrN2OS2. The normalized spacial score (nSPS) is 14.5. The summed E-state index contributed by atoms with van der Waals surface area (Å²) in [5.41, 5.74) is 2.18. The molecule has 1 amide bonds. The molecule has 1 fully saturated rings. The molecule has 3 rings (SSSR count). The SMILES string of the molecule is O=C(Cc1csc(SCc2ccc(Br)cc2)n1)N1CCCC1. The van der Waals surface area contributed by atoms with Gasteiger partial charge in [0.25, 0.3) is 0 Å². The molecule has 1 saturated heterocycles. The number of amides is 1. The monoisotopic (exact) mass is 396 g/mol. The van der Waals surface area contributed by atoms with Crippen LogP contribution in [0.2, 0.25) is 0 Å². The lowest BCUT2D eigenvalue weighted by molar-refractivity contribution is -0.129. The predicted octanol–water partition coefficient (Wildman–Crippen LogP) is 4.36. The summed E-state index contributed by atoms with van der Waals surface area (Å²) in [7, 11) is 0. The molecule has 3 nitrogen and oxygen atoms in total. The van der Waals surface area contributed by atoms with Crippen molar-refractivity contribution < 1.29 is 4.79 Å². The van der Waals surface area contributed by atoms with E-state index in [0.29, 0.717) is 6.42 Å². The first kappa shape index (κ1) is 16.0. The van der Waals surface area contributed by atoms with Crippen LogP contribution in [0, 0.1) is 0 Å². The molecule has 0 aliphatic carbocycles. The van der Waals surface area contributed by atoms with Crippen LogP contribution in [-0.4, -0.2) is 28.9 Å². The number of thioether (sulfide) groups is 1. The quantitative estimate of drug-likeness (QED) is 0.703. The maximum Gasteiger partial charge on any atom is 0.228 e. The Labute approximate surface area is 147 Å². The second-order valence-corrected chi connectivity index (χ2v) is 8.28. The number of hydrogen-bond donors (Lipinski definition) is 0. The van der Waals surface area contributed by atoms with Crippen LogP contribution >= 0.6 is 39.0 Å². The minimum absolute atomic E-state index is 0.215. The molecule has 1 aromatic carbocycles. The van der Waals surface area contributed by atoms with Crippen molar-refractivity contribution in [2.75, 3.05) is 13.1 Å². The summed E-state index contributed by atoms with van der Waals surface area (Å²) < 4.78 is 2.13. The number of thiazole rings is 1. The second-order valence-electron chi connectivity index (χ2n) is 5.28. The van der Waals surface area contributed by atoms with Gasteiger partial charge in [0.15, 0.2) is 0 Å². The summed E-state index contributed by atoms with van der Waals surface area (Å²) >= 11 is 6.80. The van der Waals surface area contributed by atoms with E-state index in [2.05, 4.69) is 45.2 Å². The van der Waals surface area contributed by atoms with E-state index >= 15 is 0 Å². The van der Waals surface area contributed by atoms with Crippen LogP contribution in [-0.2, 0) is 17.0 Å². The largest absolute Gasteiger partial charge is 0.342 e. The zero-order valence-corrected chi connectivity index (χ0v) is 15.3. The van der Waals surface area contributed by atoms with E-state index < -0.39 is 0 Å². The fourth-order valence-electron chi connectivity index (χ4n) is 2.39. The summed E-state index contributed by atoms with van der Waals surface area (Å²) in [4.78, 5) is 18.6. The van der Waals surface area contributed by atoms with Gasteiger partial charge in [0.05, 0.1) is 12.1 Å². The summed E-state index contributed by atoms with van der Waals surface area (Å²) in [6.45, 7) is 1.82. The molecule has 0 bridgehead atoms. The number of halogens is 1. The minimum atomic E-state index is 0.215. The van der Waals surface area contributed by atoms with Crippen molar-refractivity contribution in [1.82, 2.24) is 9.88 Å². The predicted molar refractivity (Wildman–Crippen MR) is 95.3 cm³/mol. The Morgan fingerprint density at radius 3 is 2.73 bits per heavy atom. The molecule has 116 valence electrons. The standard InChI is InChI=1S/C16H17BrN2OS2/c17-13-5-3-12(4-6-13)10-21-16-18-14(11-22-16)9-15(20)19-7-1-2-8-19/h3-6,11H,1-2,7-10H2. The lowest BCUT2D eigenvalue weighted by atomic mass is 10.2. The van der Waals surface area contributed by atoms with Gasteiger partial charge in [0.2, 0.25) is 5.91 Å². The Morgan fingerprint density at radius 2 is 2.00 bits per heavy atom. The van der Waals surface area contributed by atoms with Crippen LogP contribution in [0.15, 0.2) is 38.5 Å². The van der Waals surface area contributed by atoms with Crippen molar-refractivity contribution in [3.63, 3.8) is 0 Å². The van der Waals surface area contributed by atoms with E-state index in [1.54, 1.807) is 23.1 Å². The number of nitrogens with zero attached hydrogens (tertiary/aromatic N) is 2. The van der Waals surface area contributed by atoms with Crippen molar-refractivity contribution in [3.05, 3.63) is 45.4 Å². The van der Waals surface area contributed by atoms with Crippen molar-refractivity contribution >= 4 is 44.9 Å². The zero-order valence-electron chi connectivity index (χ0n) is 12.1. The zero-order chi connectivity index (χ0) is 15.4. The highest BCUT2D eigenvalue weighted by molar-refractivity contribution is 9.10. The van der Waals surface area contributed by atoms with Crippen molar-refractivity contribution in [1.29, 1.82) is 0 Å². The molecule has 6 heteroatoms. The first-order valence-corrected chi connectivity index (χ1v) is 9.96. The van der Waals surface area contributed by atoms with E-state index in [1.807, 2.05) is 10.3 Å². The first-order chi connectivity index (χ1) is 10.7. The fourth-order valence-corrected chi connectivity index (χ4v) is 4.46. The molecule has 22 heavy (non-hydrogen) atoms. The Bertz CT molecular complexity index is 636. The van der Waals surface area contributed by atoms with Gasteiger partial charge in [-0.25, -0.2) is 4.98 Å². The van der Waals surface area contributed by atoms with Gasteiger partial charge < -0.3 is 4.90 Å². The Kier molecular flexibility index (Phi) is 5.55. The number of likely N-dealkylation sites (tertiary alicyclic amines) is 1. The Balaban J connectivity index is 1.52. The van der Waals surface area contributed by atoms with E-state index in [4.69, 9.17) is 0 Å². The molecule has 1 aromatic heterocycles. The third kappa shape index (κ3) is 4.33. The molecule has 2 aromatic rings. The van der Waals surface area contributed by atoms with Crippen LogP contribution < -0.4 is 0 Å². The summed E-state index contributed by atoms with van der Waals surface area (Å²) in [6.07, 6.45) is 2.71. The highest BCUT2D eigenvalue weighted by Gasteiger charge is 2.19. The molecule has 0 unspecified atom stereocenters. The molecule has 0 spiro atoms. The van der Waals surface area contributed by atoms with Crippen LogP contribution in [0.4, 0.5) is 0 Å². The molecule has 2 heterocycles. The maximum atomic E-state index is 12.1. The maximum absolute atomic E-state index is 12.1. The average Bonchev–Trinajstić information content (AvgIpc) is 3.18. The third-order valence-corrected chi connectivity index (χ3v) is 6.27. The lowest BCUT2D eigenvalue weighted by Crippen LogP contribution is -2.29. The topological polar surface area (TPSA) is 33.2 Å². The molecule has 0 radical (unpaired) electrons. The molecular weight excluding hydrogens is 380 g/mol. The van der Waals surface area contributed by atoms with Gasteiger partial charge in [-0.15, -0.1) is 11.3 Å². The summed E-state index contributed by atoms with van der Waals surface area (Å²) in [5.74, 6) is 1.12. The Morgan fingerprint density at radius 1 is 1.27 bits per heavy atom. The van der Waals surface area contributed by atoms with Crippen LogP contribution in [0.3, 0.4) is 0 Å². The highest BCUT2D eigenvalue weighted by Crippen LogP contribution is 2.27. The first-order valence-electron chi connectivity index (χ1n) is 7.30. The van der Waals surface area contributed by atoms with E-state index in [1.165, 1.54) is 5.56 Å². The number of benzene rings is 1.